The summed E-state index contributed by atoms with van der Waals surface area (Å²) in [5.41, 5.74) is 0. The van der Waals surface area contributed by atoms with E-state index in [9.17, 15) is 9.59 Å². The van der Waals surface area contributed by atoms with Crippen LogP contribution in [0.3, 0.4) is 0 Å². The molecule has 0 aliphatic carbocycles. The number of nitrogens with zero attached hydrogens (tertiary/aromatic N) is 1. The van der Waals surface area contributed by atoms with Gasteiger partial charge < -0.3 is 15.5 Å². The molecular weight excluding hydrogens is 232 g/mol. The van der Waals surface area contributed by atoms with E-state index in [4.69, 9.17) is 0 Å². The highest BCUT2D eigenvalue weighted by Crippen LogP contribution is 2.08. The molecule has 6 heteroatoms. The molecule has 1 fully saturated rings. The van der Waals surface area contributed by atoms with Gasteiger partial charge in [0.05, 0.1) is 6.04 Å². The number of piperidine rings is 1. The highest BCUT2D eigenvalue weighted by atomic mass is 16.2. The van der Waals surface area contributed by atoms with Gasteiger partial charge in [0.25, 0.3) is 0 Å². The number of nitrogens with one attached hydrogen (secondary N) is 3. The highest BCUT2D eigenvalue weighted by Gasteiger charge is 2.22. The number of urea groups is 1. The van der Waals surface area contributed by atoms with Gasteiger partial charge in [0, 0.05) is 12.6 Å². The molecule has 1 unspecified atom stereocenters. The SMILES string of the molecule is CCNC(=O)NC(=O)C(C)NC1CCN(C)CC1. The fourth-order valence-corrected chi connectivity index (χ4v) is 2.03. The summed E-state index contributed by atoms with van der Waals surface area (Å²) in [6.07, 6.45) is 2.07. The van der Waals surface area contributed by atoms with E-state index in [2.05, 4.69) is 27.9 Å². The monoisotopic (exact) mass is 256 g/mol. The van der Waals surface area contributed by atoms with Gasteiger partial charge in [0.15, 0.2) is 0 Å². The van der Waals surface area contributed by atoms with Crippen molar-refractivity contribution in [1.29, 1.82) is 0 Å². The minimum absolute atomic E-state index is 0.278. The van der Waals surface area contributed by atoms with Crippen LogP contribution in [0.5, 0.6) is 0 Å². The molecule has 104 valence electrons. The number of carbonyl (C=O) groups is 2. The average Bonchev–Trinajstić information content (AvgIpc) is 2.32. The standard InChI is InChI=1S/C12H24N4O2/c1-4-13-12(18)15-11(17)9(2)14-10-5-7-16(3)8-6-10/h9-10,14H,4-8H2,1-3H3,(H2,13,15,17,18). The van der Waals surface area contributed by atoms with Crippen molar-refractivity contribution in [1.82, 2.24) is 20.9 Å². The largest absolute Gasteiger partial charge is 0.338 e. The maximum atomic E-state index is 11.7. The molecule has 0 spiro atoms. The van der Waals surface area contributed by atoms with E-state index in [0.29, 0.717) is 12.6 Å². The Morgan fingerprint density at radius 2 is 1.94 bits per heavy atom. The normalized spacial score (nSPS) is 19.3. The van der Waals surface area contributed by atoms with Gasteiger partial charge in [-0.1, -0.05) is 0 Å². The van der Waals surface area contributed by atoms with E-state index in [0.717, 1.165) is 25.9 Å². The van der Waals surface area contributed by atoms with Crippen molar-refractivity contribution in [2.24, 2.45) is 0 Å². The maximum absolute atomic E-state index is 11.7. The van der Waals surface area contributed by atoms with Crippen LogP contribution in [0, 0.1) is 0 Å². The first kappa shape index (κ1) is 14.9. The van der Waals surface area contributed by atoms with Crippen molar-refractivity contribution in [3.63, 3.8) is 0 Å². The van der Waals surface area contributed by atoms with Gasteiger partial charge >= 0.3 is 6.03 Å². The number of imide groups is 1. The Labute approximate surface area is 108 Å². The first-order valence-corrected chi connectivity index (χ1v) is 6.56. The Morgan fingerprint density at radius 1 is 1.33 bits per heavy atom. The molecule has 1 rings (SSSR count). The van der Waals surface area contributed by atoms with Crippen molar-refractivity contribution in [2.75, 3.05) is 26.7 Å². The molecule has 1 aliphatic heterocycles. The van der Waals surface area contributed by atoms with E-state index in [1.807, 2.05) is 6.92 Å². The second-order valence-electron chi connectivity index (χ2n) is 4.81. The van der Waals surface area contributed by atoms with E-state index < -0.39 is 6.03 Å². The van der Waals surface area contributed by atoms with Gasteiger partial charge in [0.2, 0.25) is 5.91 Å². The lowest BCUT2D eigenvalue weighted by atomic mass is 10.0. The Bertz CT molecular complexity index is 288. The third-order valence-electron chi connectivity index (χ3n) is 3.17. The minimum Gasteiger partial charge on any atom is -0.338 e. The lowest BCUT2D eigenvalue weighted by molar-refractivity contribution is -0.121. The lowest BCUT2D eigenvalue weighted by Gasteiger charge is -2.31. The Balaban J connectivity index is 2.29. The molecule has 6 nitrogen and oxygen atoms in total. The van der Waals surface area contributed by atoms with E-state index >= 15 is 0 Å². The molecule has 0 aromatic carbocycles. The highest BCUT2D eigenvalue weighted by molar-refractivity contribution is 5.96. The predicted molar refractivity (Wildman–Crippen MR) is 70.3 cm³/mol. The first-order valence-electron chi connectivity index (χ1n) is 6.56. The van der Waals surface area contributed by atoms with Crippen molar-refractivity contribution in [3.8, 4) is 0 Å². The van der Waals surface area contributed by atoms with Crippen LogP contribution in [0.4, 0.5) is 4.79 Å². The quantitative estimate of drug-likeness (QED) is 0.657. The van der Waals surface area contributed by atoms with Gasteiger partial charge in [-0.25, -0.2) is 4.79 Å². The molecule has 0 aromatic heterocycles. The summed E-state index contributed by atoms with van der Waals surface area (Å²) in [5.74, 6) is -0.278. The van der Waals surface area contributed by atoms with Gasteiger partial charge in [-0.3, -0.25) is 10.1 Å². The average molecular weight is 256 g/mol. The summed E-state index contributed by atoms with van der Waals surface area (Å²) in [6, 6.07) is -0.420. The fraction of sp³-hybridized carbons (Fsp3) is 0.833. The Morgan fingerprint density at radius 3 is 2.50 bits per heavy atom. The summed E-state index contributed by atoms with van der Waals surface area (Å²) in [6.45, 7) is 6.19. The van der Waals surface area contributed by atoms with Crippen molar-refractivity contribution in [3.05, 3.63) is 0 Å². The van der Waals surface area contributed by atoms with Crippen LogP contribution in [0.15, 0.2) is 0 Å². The number of rotatable bonds is 4. The number of hydrogen-bond acceptors (Lipinski definition) is 4. The Hall–Kier alpha value is -1.14. The number of carbonyl (C=O) groups excluding carboxylic acids is 2. The summed E-state index contributed by atoms with van der Waals surface area (Å²) in [5, 5.41) is 8.12. The molecule has 3 amide bonds. The van der Waals surface area contributed by atoms with E-state index in [1.165, 1.54) is 0 Å². The van der Waals surface area contributed by atoms with Gasteiger partial charge in [0.1, 0.15) is 0 Å². The number of amides is 3. The second-order valence-corrected chi connectivity index (χ2v) is 4.81. The smallest absolute Gasteiger partial charge is 0.321 e. The number of hydrogen-bond donors (Lipinski definition) is 3. The zero-order valence-corrected chi connectivity index (χ0v) is 11.5. The first-order chi connectivity index (χ1) is 8.52. The van der Waals surface area contributed by atoms with Crippen molar-refractivity contribution >= 4 is 11.9 Å². The summed E-state index contributed by atoms with van der Waals surface area (Å²) in [4.78, 5) is 25.2. The van der Waals surface area contributed by atoms with E-state index in [-0.39, 0.29) is 11.9 Å². The number of likely N-dealkylation sites (tertiary alicyclic amines) is 1. The van der Waals surface area contributed by atoms with Crippen LogP contribution in [0.2, 0.25) is 0 Å². The van der Waals surface area contributed by atoms with Crippen LogP contribution in [-0.4, -0.2) is 55.6 Å². The van der Waals surface area contributed by atoms with Gasteiger partial charge in [-0.05, 0) is 46.8 Å². The molecule has 18 heavy (non-hydrogen) atoms. The summed E-state index contributed by atoms with van der Waals surface area (Å²) >= 11 is 0. The molecule has 1 saturated heterocycles. The Kier molecular flexibility index (Phi) is 6.07. The summed E-state index contributed by atoms with van der Waals surface area (Å²) in [7, 11) is 2.10. The maximum Gasteiger partial charge on any atom is 0.321 e. The topological polar surface area (TPSA) is 73.5 Å². The molecule has 0 bridgehead atoms. The molecule has 1 heterocycles. The molecule has 0 radical (unpaired) electrons. The second kappa shape index (κ2) is 7.33. The fourth-order valence-electron chi connectivity index (χ4n) is 2.03. The lowest BCUT2D eigenvalue weighted by Crippen LogP contribution is -2.52. The van der Waals surface area contributed by atoms with Crippen LogP contribution < -0.4 is 16.0 Å². The third-order valence-corrected chi connectivity index (χ3v) is 3.17. The van der Waals surface area contributed by atoms with Crippen LogP contribution in [0.25, 0.3) is 0 Å². The zero-order valence-electron chi connectivity index (χ0n) is 11.5. The van der Waals surface area contributed by atoms with Crippen molar-refractivity contribution < 1.29 is 9.59 Å². The molecular formula is C12H24N4O2. The molecule has 3 N–H and O–H groups in total. The molecule has 1 atom stereocenters. The van der Waals surface area contributed by atoms with Gasteiger partial charge in [-0.15, -0.1) is 0 Å². The predicted octanol–water partition coefficient (Wildman–Crippen LogP) is -0.0956. The third kappa shape index (κ3) is 5.01. The molecule has 1 aliphatic rings. The van der Waals surface area contributed by atoms with E-state index in [1.54, 1.807) is 6.92 Å². The van der Waals surface area contributed by atoms with Crippen LogP contribution >= 0.6 is 0 Å². The molecule has 0 saturated carbocycles. The van der Waals surface area contributed by atoms with Crippen LogP contribution in [0.1, 0.15) is 26.7 Å². The molecule has 0 aromatic rings. The summed E-state index contributed by atoms with van der Waals surface area (Å²) < 4.78 is 0. The van der Waals surface area contributed by atoms with Crippen LogP contribution in [-0.2, 0) is 4.79 Å². The van der Waals surface area contributed by atoms with Crippen molar-refractivity contribution in [2.45, 2.75) is 38.8 Å². The van der Waals surface area contributed by atoms with Gasteiger partial charge in [-0.2, -0.15) is 0 Å². The zero-order chi connectivity index (χ0) is 13.5. The minimum atomic E-state index is -0.431.